The maximum Gasteiger partial charge on any atom is 0.416 e. The summed E-state index contributed by atoms with van der Waals surface area (Å²) in [5.41, 5.74) is 7.10. The average Bonchev–Trinajstić information content (AvgIpc) is 2.70. The number of likely N-dealkylation sites (N-methyl/N-ethyl adjacent to an activating group) is 1. The molecule has 2 rings (SSSR count). The molecule has 31 heavy (non-hydrogen) atoms. The topological polar surface area (TPSA) is 29.3 Å². The lowest BCUT2D eigenvalue weighted by atomic mass is 9.68. The molecule has 0 aliphatic carbocycles. The molecule has 0 aromatic heterocycles. The molecule has 2 nitrogen and oxygen atoms in total. The van der Waals surface area contributed by atoms with Crippen molar-refractivity contribution in [2.45, 2.75) is 44.7 Å². The van der Waals surface area contributed by atoms with Crippen LogP contribution in [0, 0.1) is 5.92 Å². The summed E-state index contributed by atoms with van der Waals surface area (Å²) in [5, 5.41) is 0. The number of hydrogen-bond donors (Lipinski definition) is 1. The molecule has 0 aliphatic rings. The molecule has 176 valence electrons. The maximum atomic E-state index is 13.2. The van der Waals surface area contributed by atoms with Crippen LogP contribution in [0.25, 0.3) is 0 Å². The predicted molar refractivity (Wildman–Crippen MR) is 128 cm³/mol. The molecule has 0 amide bonds. The summed E-state index contributed by atoms with van der Waals surface area (Å²) in [6.07, 6.45) is -1.71. The fourth-order valence-electron chi connectivity index (χ4n) is 3.97. The van der Waals surface area contributed by atoms with Crippen LogP contribution in [-0.2, 0) is 18.0 Å². The summed E-state index contributed by atoms with van der Waals surface area (Å²) >= 11 is 0. The highest BCUT2D eigenvalue weighted by Gasteiger charge is 2.37. The zero-order valence-corrected chi connectivity index (χ0v) is 20.1. The molecular weight excluding hydrogens is 444 g/mol. The first-order valence-electron chi connectivity index (χ1n) is 10.3. The lowest BCUT2D eigenvalue weighted by Crippen LogP contribution is -2.41. The lowest BCUT2D eigenvalue weighted by Gasteiger charge is -2.38. The van der Waals surface area contributed by atoms with Crippen LogP contribution in [-0.4, -0.2) is 31.6 Å². The van der Waals surface area contributed by atoms with Gasteiger partial charge in [-0.25, -0.2) is 0 Å². The average molecular weight is 479 g/mol. The Balaban J connectivity index is 0.00000450. The van der Waals surface area contributed by atoms with Crippen LogP contribution in [0.4, 0.5) is 13.2 Å². The Morgan fingerprint density at radius 1 is 0.903 bits per heavy atom. The van der Waals surface area contributed by atoms with E-state index in [1.165, 1.54) is 17.7 Å². The fourth-order valence-corrected chi connectivity index (χ4v) is 3.97. The van der Waals surface area contributed by atoms with Gasteiger partial charge in [0.2, 0.25) is 0 Å². The van der Waals surface area contributed by atoms with Gasteiger partial charge in [0.05, 0.1) is 5.56 Å². The molecule has 0 spiro atoms. The molecule has 0 bridgehead atoms. The van der Waals surface area contributed by atoms with E-state index in [4.69, 9.17) is 5.73 Å². The summed E-state index contributed by atoms with van der Waals surface area (Å²) in [6.45, 7) is 6.27. The first kappa shape index (κ1) is 29.7. The van der Waals surface area contributed by atoms with Crippen molar-refractivity contribution in [1.29, 1.82) is 0 Å². The second kappa shape index (κ2) is 13.3. The van der Waals surface area contributed by atoms with E-state index < -0.39 is 17.2 Å². The summed E-state index contributed by atoms with van der Waals surface area (Å²) in [6, 6.07) is 16.1. The molecule has 1 unspecified atom stereocenters. The largest absolute Gasteiger partial charge is 0.416 e. The molecule has 0 radical (unpaired) electrons. The zero-order valence-electron chi connectivity index (χ0n) is 18.5. The Kier molecular flexibility index (Phi) is 12.8. The number of hydrogen-bond acceptors (Lipinski definition) is 2. The van der Waals surface area contributed by atoms with Gasteiger partial charge < -0.3 is 10.6 Å². The first-order valence-corrected chi connectivity index (χ1v) is 10.3. The van der Waals surface area contributed by atoms with Crippen molar-refractivity contribution in [3.05, 3.63) is 71.3 Å². The van der Waals surface area contributed by atoms with Gasteiger partial charge in [-0.2, -0.15) is 13.2 Å². The standard InChI is InChI=1S/C24H33F3N2.2ClH/c1-19(2)23(18-28,21-11-7-12-22(17-21)24(25,26)27)14-8-15-29(3)16-13-20-9-5-4-6-10-20;;/h4-7,9-12,17,19H,8,13-16,18,28H2,1-3H3;2*1H. The van der Waals surface area contributed by atoms with Gasteiger partial charge in [-0.15, -0.1) is 24.8 Å². The number of benzene rings is 2. The number of nitrogens with two attached hydrogens (primary N) is 1. The van der Waals surface area contributed by atoms with Crippen molar-refractivity contribution in [3.63, 3.8) is 0 Å². The number of alkyl halides is 3. The molecule has 2 N–H and O–H groups in total. The number of rotatable bonds is 10. The highest BCUT2D eigenvalue weighted by Crippen LogP contribution is 2.39. The van der Waals surface area contributed by atoms with E-state index in [0.717, 1.165) is 38.4 Å². The van der Waals surface area contributed by atoms with Gasteiger partial charge >= 0.3 is 6.18 Å². The fraction of sp³-hybridized carbons (Fsp3) is 0.500. The smallest absolute Gasteiger partial charge is 0.330 e. The monoisotopic (exact) mass is 478 g/mol. The zero-order chi connectivity index (χ0) is 21.5. The van der Waals surface area contributed by atoms with Crippen molar-refractivity contribution >= 4 is 24.8 Å². The minimum atomic E-state index is -4.34. The third-order valence-electron chi connectivity index (χ3n) is 6.02. The van der Waals surface area contributed by atoms with Crippen LogP contribution in [0.1, 0.15) is 43.4 Å². The van der Waals surface area contributed by atoms with Gasteiger partial charge in [0.15, 0.2) is 0 Å². The van der Waals surface area contributed by atoms with Crippen molar-refractivity contribution in [1.82, 2.24) is 4.90 Å². The van der Waals surface area contributed by atoms with E-state index in [0.29, 0.717) is 12.1 Å². The number of nitrogens with zero attached hydrogens (tertiary/aromatic N) is 1. The van der Waals surface area contributed by atoms with Gasteiger partial charge in [0, 0.05) is 18.5 Å². The second-order valence-electron chi connectivity index (χ2n) is 8.24. The van der Waals surface area contributed by atoms with E-state index in [1.807, 2.05) is 32.0 Å². The first-order chi connectivity index (χ1) is 13.7. The van der Waals surface area contributed by atoms with Gasteiger partial charge in [-0.3, -0.25) is 0 Å². The van der Waals surface area contributed by atoms with Crippen LogP contribution in [0.15, 0.2) is 54.6 Å². The molecule has 7 heteroatoms. The quantitative estimate of drug-likeness (QED) is 0.430. The van der Waals surface area contributed by atoms with E-state index in [9.17, 15) is 13.2 Å². The highest BCUT2D eigenvalue weighted by molar-refractivity contribution is 5.85. The SMILES string of the molecule is CC(C)C(CN)(CCCN(C)CCc1ccccc1)c1cccc(C(F)(F)F)c1.Cl.Cl. The van der Waals surface area contributed by atoms with E-state index in [-0.39, 0.29) is 30.7 Å². The summed E-state index contributed by atoms with van der Waals surface area (Å²) in [4.78, 5) is 2.28. The van der Waals surface area contributed by atoms with Gasteiger partial charge in [-0.1, -0.05) is 62.4 Å². The summed E-state index contributed by atoms with van der Waals surface area (Å²) < 4.78 is 39.6. The Hall–Kier alpha value is -1.27. The minimum absolute atomic E-state index is 0. The third kappa shape index (κ3) is 8.30. The van der Waals surface area contributed by atoms with Crippen molar-refractivity contribution < 1.29 is 13.2 Å². The predicted octanol–water partition coefficient (Wildman–Crippen LogP) is 6.36. The van der Waals surface area contributed by atoms with E-state index in [1.54, 1.807) is 6.07 Å². The third-order valence-corrected chi connectivity index (χ3v) is 6.02. The van der Waals surface area contributed by atoms with Crippen LogP contribution in [0.2, 0.25) is 0 Å². The Labute approximate surface area is 197 Å². The van der Waals surface area contributed by atoms with Crippen LogP contribution < -0.4 is 5.73 Å². The minimum Gasteiger partial charge on any atom is -0.330 e. The molecule has 1 atom stereocenters. The van der Waals surface area contributed by atoms with Gasteiger partial charge in [0.1, 0.15) is 0 Å². The van der Waals surface area contributed by atoms with Crippen molar-refractivity contribution in [2.75, 3.05) is 26.7 Å². The molecule has 0 saturated heterocycles. The Morgan fingerprint density at radius 3 is 2.06 bits per heavy atom. The van der Waals surface area contributed by atoms with Gasteiger partial charge in [0.25, 0.3) is 0 Å². The van der Waals surface area contributed by atoms with E-state index in [2.05, 4.69) is 24.1 Å². The highest BCUT2D eigenvalue weighted by atomic mass is 35.5. The Morgan fingerprint density at radius 2 is 1.52 bits per heavy atom. The molecule has 2 aromatic carbocycles. The molecule has 0 saturated carbocycles. The molecule has 0 aliphatic heterocycles. The van der Waals surface area contributed by atoms with E-state index >= 15 is 0 Å². The summed E-state index contributed by atoms with van der Waals surface area (Å²) in [7, 11) is 2.09. The van der Waals surface area contributed by atoms with Crippen LogP contribution in [0.5, 0.6) is 0 Å². The molecule has 2 aromatic rings. The Bertz CT molecular complexity index is 754. The summed E-state index contributed by atoms with van der Waals surface area (Å²) in [5.74, 6) is 0.144. The van der Waals surface area contributed by atoms with Crippen LogP contribution in [0.3, 0.4) is 0 Å². The van der Waals surface area contributed by atoms with Crippen molar-refractivity contribution in [3.8, 4) is 0 Å². The maximum absolute atomic E-state index is 13.2. The lowest BCUT2D eigenvalue weighted by molar-refractivity contribution is -0.137. The van der Waals surface area contributed by atoms with Crippen LogP contribution >= 0.6 is 24.8 Å². The molecule has 0 fully saturated rings. The second-order valence-corrected chi connectivity index (χ2v) is 8.24. The normalized spacial score (nSPS) is 13.5. The number of halogens is 5. The molecular formula is C24H35Cl2F3N2. The molecule has 0 heterocycles. The van der Waals surface area contributed by atoms with Gasteiger partial charge in [-0.05, 0) is 56.0 Å². The van der Waals surface area contributed by atoms with Crippen molar-refractivity contribution in [2.24, 2.45) is 11.7 Å².